The number of carbonyl (C=O) groups is 2. The van der Waals surface area contributed by atoms with Gasteiger partial charge in [-0.3, -0.25) is 14.6 Å². The van der Waals surface area contributed by atoms with Gasteiger partial charge in [-0.05, 0) is 35.2 Å². The molecule has 2 amide bonds. The van der Waals surface area contributed by atoms with E-state index in [-0.39, 0.29) is 12.5 Å². The molecule has 1 aromatic carbocycles. The van der Waals surface area contributed by atoms with Gasteiger partial charge >= 0.3 is 0 Å². The first-order valence-corrected chi connectivity index (χ1v) is 9.25. The van der Waals surface area contributed by atoms with Gasteiger partial charge in [0.2, 0.25) is 5.91 Å². The summed E-state index contributed by atoms with van der Waals surface area (Å²) in [5.41, 5.74) is 7.54. The zero-order valence-corrected chi connectivity index (χ0v) is 15.6. The van der Waals surface area contributed by atoms with Crippen molar-refractivity contribution >= 4 is 11.8 Å². The minimum absolute atomic E-state index is 0.0389. The molecule has 6 heteroatoms. The van der Waals surface area contributed by atoms with Crippen LogP contribution < -0.4 is 5.73 Å². The van der Waals surface area contributed by atoms with Crippen molar-refractivity contribution in [1.82, 2.24) is 9.88 Å². The van der Waals surface area contributed by atoms with Gasteiger partial charge in [-0.25, -0.2) is 0 Å². The van der Waals surface area contributed by atoms with E-state index in [0.717, 1.165) is 23.1 Å². The number of rotatable bonds is 6. The van der Waals surface area contributed by atoms with Crippen molar-refractivity contribution in [3.63, 3.8) is 0 Å². The Balaban J connectivity index is 1.84. The van der Waals surface area contributed by atoms with Crippen LogP contribution in [0.25, 0.3) is 11.1 Å². The number of hydrogen-bond acceptors (Lipinski definition) is 4. The van der Waals surface area contributed by atoms with Crippen LogP contribution in [0, 0.1) is 0 Å². The summed E-state index contributed by atoms with van der Waals surface area (Å²) in [6.07, 6.45) is 5.06. The van der Waals surface area contributed by atoms with Crippen LogP contribution in [-0.4, -0.2) is 47.0 Å². The minimum atomic E-state index is -1.20. The lowest BCUT2D eigenvalue weighted by Crippen LogP contribution is -2.61. The van der Waals surface area contributed by atoms with E-state index >= 15 is 0 Å². The molecule has 142 valence electrons. The number of aromatic nitrogens is 1. The maximum Gasteiger partial charge on any atom is 0.251 e. The van der Waals surface area contributed by atoms with E-state index in [9.17, 15) is 9.59 Å². The molecule has 2 heterocycles. The SMILES string of the molecule is CCCC(=O)N1CCO[C@@](Cc2cccc(-c3ccncc3)c2)(C(N)=O)C1. The van der Waals surface area contributed by atoms with Crippen LogP contribution in [0.1, 0.15) is 25.3 Å². The fourth-order valence-electron chi connectivity index (χ4n) is 3.45. The van der Waals surface area contributed by atoms with E-state index in [4.69, 9.17) is 10.5 Å². The molecular weight excluding hydrogens is 342 g/mol. The molecule has 0 unspecified atom stereocenters. The summed E-state index contributed by atoms with van der Waals surface area (Å²) >= 11 is 0. The molecule has 1 aliphatic heterocycles. The zero-order valence-electron chi connectivity index (χ0n) is 15.6. The Bertz CT molecular complexity index is 809. The first-order chi connectivity index (χ1) is 13.0. The number of nitrogens with two attached hydrogens (primary N) is 1. The first kappa shape index (κ1) is 19.0. The Morgan fingerprint density at radius 2 is 2.00 bits per heavy atom. The third kappa shape index (κ3) is 4.34. The lowest BCUT2D eigenvalue weighted by Gasteiger charge is -2.41. The summed E-state index contributed by atoms with van der Waals surface area (Å²) in [4.78, 5) is 30.4. The van der Waals surface area contributed by atoms with Crippen LogP contribution in [0.15, 0.2) is 48.8 Å². The standard InChI is InChI=1S/C21H25N3O3/c1-2-4-19(25)24-11-12-27-21(15-24,20(22)26)14-16-5-3-6-18(13-16)17-7-9-23-10-8-17/h3,5-10,13H,2,4,11-12,14-15H2,1H3,(H2,22,26)/t21-/m1/s1. The van der Waals surface area contributed by atoms with Crippen LogP contribution in [-0.2, 0) is 20.7 Å². The van der Waals surface area contributed by atoms with Crippen molar-refractivity contribution in [2.45, 2.75) is 31.8 Å². The third-order valence-electron chi connectivity index (χ3n) is 4.88. The number of carbonyl (C=O) groups excluding carboxylic acids is 2. The molecule has 0 spiro atoms. The van der Waals surface area contributed by atoms with Gasteiger partial charge in [-0.1, -0.05) is 31.2 Å². The Hall–Kier alpha value is -2.73. The number of primary amides is 1. The fraction of sp³-hybridized carbons (Fsp3) is 0.381. The quantitative estimate of drug-likeness (QED) is 0.848. The molecule has 0 saturated carbocycles. The molecule has 27 heavy (non-hydrogen) atoms. The lowest BCUT2D eigenvalue weighted by atomic mass is 9.90. The predicted molar refractivity (Wildman–Crippen MR) is 103 cm³/mol. The molecule has 1 aromatic heterocycles. The van der Waals surface area contributed by atoms with Crippen molar-refractivity contribution < 1.29 is 14.3 Å². The van der Waals surface area contributed by atoms with Crippen molar-refractivity contribution in [1.29, 1.82) is 0 Å². The number of ether oxygens (including phenoxy) is 1. The highest BCUT2D eigenvalue weighted by Gasteiger charge is 2.43. The fourth-order valence-corrected chi connectivity index (χ4v) is 3.45. The number of morpholine rings is 1. The summed E-state index contributed by atoms with van der Waals surface area (Å²) in [6, 6.07) is 11.8. The number of nitrogens with zero attached hydrogens (tertiary/aromatic N) is 2. The summed E-state index contributed by atoms with van der Waals surface area (Å²) in [5.74, 6) is -0.497. The van der Waals surface area contributed by atoms with Gasteiger partial charge in [0, 0.05) is 31.8 Å². The van der Waals surface area contributed by atoms with Crippen LogP contribution in [0.5, 0.6) is 0 Å². The van der Waals surface area contributed by atoms with Crippen LogP contribution in [0.2, 0.25) is 0 Å². The Labute approximate surface area is 159 Å². The summed E-state index contributed by atoms with van der Waals surface area (Å²) in [7, 11) is 0. The molecule has 1 saturated heterocycles. The van der Waals surface area contributed by atoms with Gasteiger partial charge in [0.25, 0.3) is 5.91 Å². The summed E-state index contributed by atoms with van der Waals surface area (Å²) in [5, 5.41) is 0. The van der Waals surface area contributed by atoms with Gasteiger partial charge in [-0.15, -0.1) is 0 Å². The highest BCUT2D eigenvalue weighted by atomic mass is 16.5. The van der Waals surface area contributed by atoms with Gasteiger partial charge in [0.15, 0.2) is 5.60 Å². The van der Waals surface area contributed by atoms with Gasteiger partial charge in [0.05, 0.1) is 13.2 Å². The van der Waals surface area contributed by atoms with E-state index < -0.39 is 11.5 Å². The first-order valence-electron chi connectivity index (χ1n) is 9.25. The third-order valence-corrected chi connectivity index (χ3v) is 4.88. The molecule has 1 aliphatic rings. The summed E-state index contributed by atoms with van der Waals surface area (Å²) < 4.78 is 5.86. The average Bonchev–Trinajstić information content (AvgIpc) is 2.69. The average molecular weight is 367 g/mol. The second kappa shape index (κ2) is 8.31. The van der Waals surface area contributed by atoms with Gasteiger partial charge in [-0.2, -0.15) is 0 Å². The smallest absolute Gasteiger partial charge is 0.251 e. The van der Waals surface area contributed by atoms with Crippen LogP contribution >= 0.6 is 0 Å². The second-order valence-electron chi connectivity index (χ2n) is 6.89. The molecular formula is C21H25N3O3. The van der Waals surface area contributed by atoms with Crippen LogP contribution in [0.4, 0.5) is 0 Å². The Morgan fingerprint density at radius 3 is 2.70 bits per heavy atom. The van der Waals surface area contributed by atoms with E-state index in [1.807, 2.05) is 43.3 Å². The lowest BCUT2D eigenvalue weighted by molar-refractivity contribution is -0.163. The van der Waals surface area contributed by atoms with Crippen molar-refractivity contribution in [3.8, 4) is 11.1 Å². The number of pyridine rings is 1. The van der Waals surface area contributed by atoms with Crippen molar-refractivity contribution in [2.75, 3.05) is 19.7 Å². The predicted octanol–water partition coefficient (Wildman–Crippen LogP) is 2.17. The van der Waals surface area contributed by atoms with E-state index in [1.54, 1.807) is 17.3 Å². The largest absolute Gasteiger partial charge is 0.367 e. The molecule has 2 N–H and O–H groups in total. The van der Waals surface area contributed by atoms with E-state index in [1.165, 1.54) is 0 Å². The van der Waals surface area contributed by atoms with E-state index in [2.05, 4.69) is 4.98 Å². The highest BCUT2D eigenvalue weighted by molar-refractivity contribution is 5.86. The number of amides is 2. The number of hydrogen-bond donors (Lipinski definition) is 1. The molecule has 1 atom stereocenters. The van der Waals surface area contributed by atoms with Gasteiger partial charge < -0.3 is 15.4 Å². The highest BCUT2D eigenvalue weighted by Crippen LogP contribution is 2.26. The molecule has 3 rings (SSSR count). The topological polar surface area (TPSA) is 85.5 Å². The molecule has 0 bridgehead atoms. The van der Waals surface area contributed by atoms with E-state index in [0.29, 0.717) is 26.0 Å². The Kier molecular flexibility index (Phi) is 5.86. The second-order valence-corrected chi connectivity index (χ2v) is 6.89. The van der Waals surface area contributed by atoms with Crippen molar-refractivity contribution in [3.05, 3.63) is 54.4 Å². The molecule has 2 aromatic rings. The van der Waals surface area contributed by atoms with Gasteiger partial charge in [0.1, 0.15) is 0 Å². The maximum absolute atomic E-state index is 12.3. The summed E-state index contributed by atoms with van der Waals surface area (Å²) in [6.45, 7) is 2.96. The minimum Gasteiger partial charge on any atom is -0.367 e. The Morgan fingerprint density at radius 1 is 1.22 bits per heavy atom. The zero-order chi connectivity index (χ0) is 19.3. The molecule has 6 nitrogen and oxygen atoms in total. The van der Waals surface area contributed by atoms with Crippen LogP contribution in [0.3, 0.4) is 0 Å². The molecule has 0 radical (unpaired) electrons. The van der Waals surface area contributed by atoms with Crippen molar-refractivity contribution in [2.24, 2.45) is 5.73 Å². The molecule has 0 aliphatic carbocycles. The normalized spacial score (nSPS) is 19.7. The number of benzene rings is 1. The maximum atomic E-state index is 12.3. The monoisotopic (exact) mass is 367 g/mol. The molecule has 1 fully saturated rings.